The Kier molecular flexibility index (Phi) is 4.37. The first-order valence-corrected chi connectivity index (χ1v) is 7.52. The van der Waals surface area contributed by atoms with Gasteiger partial charge in [0.15, 0.2) is 9.84 Å². The molecule has 0 saturated carbocycles. The number of ether oxygens (including phenoxy) is 1. The van der Waals surface area contributed by atoms with E-state index >= 15 is 0 Å². The van der Waals surface area contributed by atoms with Crippen LogP contribution in [0.1, 0.15) is 34.1 Å². The minimum Gasteiger partial charge on any atom is -0.377 e. The average molecular weight is 249 g/mol. The Balaban J connectivity index is 2.46. The van der Waals surface area contributed by atoms with Crippen LogP contribution in [-0.2, 0) is 14.6 Å². The van der Waals surface area contributed by atoms with Crippen LogP contribution in [0.2, 0.25) is 0 Å². The fourth-order valence-electron chi connectivity index (χ4n) is 1.90. The highest BCUT2D eigenvalue weighted by Gasteiger charge is 2.35. The van der Waals surface area contributed by atoms with Crippen LogP contribution in [0.25, 0.3) is 0 Å². The van der Waals surface area contributed by atoms with Crippen LogP contribution in [0.5, 0.6) is 0 Å². The van der Waals surface area contributed by atoms with Crippen LogP contribution in [-0.4, -0.2) is 44.2 Å². The summed E-state index contributed by atoms with van der Waals surface area (Å²) in [5, 5.41) is 2.89. The van der Waals surface area contributed by atoms with E-state index < -0.39 is 9.84 Å². The first-order chi connectivity index (χ1) is 7.22. The largest absolute Gasteiger partial charge is 0.377 e. The molecule has 16 heavy (non-hydrogen) atoms. The molecule has 1 rings (SSSR count). The molecule has 96 valence electrons. The molecule has 0 aromatic heterocycles. The third-order valence-corrected chi connectivity index (χ3v) is 5.12. The number of hydrogen-bond donors (Lipinski definition) is 1. The predicted molar refractivity (Wildman–Crippen MR) is 65.4 cm³/mol. The molecule has 1 saturated heterocycles. The topological polar surface area (TPSA) is 55.4 Å². The van der Waals surface area contributed by atoms with Crippen molar-refractivity contribution in [1.82, 2.24) is 5.32 Å². The van der Waals surface area contributed by atoms with Crippen LogP contribution in [0, 0.1) is 0 Å². The lowest BCUT2D eigenvalue weighted by atomic mass is 10.1. The summed E-state index contributed by atoms with van der Waals surface area (Å²) >= 11 is 0. The van der Waals surface area contributed by atoms with Gasteiger partial charge >= 0.3 is 0 Å². The predicted octanol–water partition coefficient (Wildman–Crippen LogP) is 0.967. The van der Waals surface area contributed by atoms with Crippen molar-refractivity contribution in [2.45, 2.75) is 51.0 Å². The molecule has 0 spiro atoms. The lowest BCUT2D eigenvalue weighted by molar-refractivity contribution is 0.126. The van der Waals surface area contributed by atoms with Gasteiger partial charge in [-0.05, 0) is 34.1 Å². The summed E-state index contributed by atoms with van der Waals surface area (Å²) in [6, 6.07) is 0. The number of nitrogens with one attached hydrogen (secondary N) is 1. The minimum atomic E-state index is -3.02. The third kappa shape index (κ3) is 4.03. The van der Waals surface area contributed by atoms with Crippen LogP contribution in [0.15, 0.2) is 0 Å². The lowest BCUT2D eigenvalue weighted by Crippen LogP contribution is -2.41. The molecule has 2 unspecified atom stereocenters. The Morgan fingerprint density at radius 1 is 1.38 bits per heavy atom. The highest BCUT2D eigenvalue weighted by atomic mass is 32.2. The maximum atomic E-state index is 12.0. The average Bonchev–Trinajstić information content (AvgIpc) is 2.48. The van der Waals surface area contributed by atoms with E-state index in [0.717, 1.165) is 0 Å². The van der Waals surface area contributed by atoms with Crippen LogP contribution in [0.3, 0.4) is 0 Å². The van der Waals surface area contributed by atoms with Gasteiger partial charge < -0.3 is 10.1 Å². The minimum absolute atomic E-state index is 0.0344. The normalized spacial score (nSPS) is 27.2. The maximum absolute atomic E-state index is 12.0. The Bertz CT molecular complexity index is 319. The van der Waals surface area contributed by atoms with E-state index in [1.165, 1.54) is 0 Å². The number of sulfone groups is 1. The van der Waals surface area contributed by atoms with E-state index in [0.29, 0.717) is 19.6 Å². The van der Waals surface area contributed by atoms with Gasteiger partial charge in [0.25, 0.3) is 0 Å². The Hall–Kier alpha value is -0.130. The molecule has 1 heterocycles. The molecular weight excluding hydrogens is 226 g/mol. The maximum Gasteiger partial charge on any atom is 0.157 e. The first kappa shape index (κ1) is 13.9. The van der Waals surface area contributed by atoms with Gasteiger partial charge in [0.1, 0.15) is 0 Å². The summed E-state index contributed by atoms with van der Waals surface area (Å²) in [6.07, 6.45) is 0.485. The van der Waals surface area contributed by atoms with Gasteiger partial charge in [-0.15, -0.1) is 0 Å². The Morgan fingerprint density at radius 3 is 2.44 bits per heavy atom. The highest BCUT2D eigenvalue weighted by molar-refractivity contribution is 7.92. The van der Waals surface area contributed by atoms with Gasteiger partial charge in [-0.3, -0.25) is 0 Å². The Labute approximate surface area is 98.7 Å². The summed E-state index contributed by atoms with van der Waals surface area (Å²) in [5.74, 6) is 0.197. The summed E-state index contributed by atoms with van der Waals surface area (Å²) < 4.78 is 29.3. The van der Waals surface area contributed by atoms with Crippen molar-refractivity contribution in [2.75, 3.05) is 18.9 Å². The fraction of sp³-hybridized carbons (Fsp3) is 1.00. The molecule has 0 radical (unpaired) electrons. The van der Waals surface area contributed by atoms with E-state index in [-0.39, 0.29) is 22.6 Å². The van der Waals surface area contributed by atoms with Gasteiger partial charge in [0, 0.05) is 18.7 Å². The summed E-state index contributed by atoms with van der Waals surface area (Å²) in [4.78, 5) is 0. The quantitative estimate of drug-likeness (QED) is 0.806. The second kappa shape index (κ2) is 5.02. The zero-order valence-corrected chi connectivity index (χ0v) is 11.4. The van der Waals surface area contributed by atoms with Crippen LogP contribution in [0.4, 0.5) is 0 Å². The van der Waals surface area contributed by atoms with Crippen molar-refractivity contribution in [3.8, 4) is 0 Å². The van der Waals surface area contributed by atoms with Crippen molar-refractivity contribution >= 4 is 9.84 Å². The van der Waals surface area contributed by atoms with Crippen molar-refractivity contribution in [3.63, 3.8) is 0 Å². The van der Waals surface area contributed by atoms with E-state index in [4.69, 9.17) is 4.74 Å². The summed E-state index contributed by atoms with van der Waals surface area (Å²) in [5.41, 5.74) is -0.0344. The molecule has 1 aliphatic heterocycles. The highest BCUT2D eigenvalue weighted by Crippen LogP contribution is 2.21. The van der Waals surface area contributed by atoms with E-state index in [1.54, 1.807) is 0 Å². The second-order valence-corrected chi connectivity index (χ2v) is 7.79. The molecule has 1 fully saturated rings. The monoisotopic (exact) mass is 249 g/mol. The van der Waals surface area contributed by atoms with Crippen molar-refractivity contribution in [3.05, 3.63) is 0 Å². The molecule has 0 aliphatic carbocycles. The van der Waals surface area contributed by atoms with Gasteiger partial charge in [-0.2, -0.15) is 0 Å². The van der Waals surface area contributed by atoms with E-state index in [9.17, 15) is 8.42 Å². The second-order valence-electron chi connectivity index (χ2n) is 5.45. The van der Waals surface area contributed by atoms with Gasteiger partial charge in [0.2, 0.25) is 0 Å². The molecule has 0 aromatic rings. The molecule has 5 heteroatoms. The zero-order valence-electron chi connectivity index (χ0n) is 10.6. The van der Waals surface area contributed by atoms with Crippen molar-refractivity contribution in [1.29, 1.82) is 0 Å². The number of hydrogen-bond acceptors (Lipinski definition) is 4. The molecular formula is C11H23NO3S. The smallest absolute Gasteiger partial charge is 0.157 e. The van der Waals surface area contributed by atoms with Crippen LogP contribution < -0.4 is 5.32 Å². The fourth-order valence-corrected chi connectivity index (χ4v) is 3.71. The van der Waals surface area contributed by atoms with Crippen molar-refractivity contribution in [2.24, 2.45) is 0 Å². The van der Waals surface area contributed by atoms with Gasteiger partial charge in [0.05, 0.1) is 17.1 Å². The molecule has 1 N–H and O–H groups in total. The zero-order chi connectivity index (χ0) is 12.4. The van der Waals surface area contributed by atoms with Crippen molar-refractivity contribution < 1.29 is 13.2 Å². The van der Waals surface area contributed by atoms with Crippen LogP contribution >= 0.6 is 0 Å². The molecule has 1 aliphatic rings. The molecule has 2 atom stereocenters. The van der Waals surface area contributed by atoms with Gasteiger partial charge in [-0.25, -0.2) is 8.42 Å². The molecule has 0 aromatic carbocycles. The Morgan fingerprint density at radius 2 is 2.00 bits per heavy atom. The molecule has 0 amide bonds. The standard InChI is InChI=1S/C11H23NO3S/c1-9-10(5-7-15-9)16(13,14)8-6-12-11(2,3)4/h9-10,12H,5-8H2,1-4H3. The molecule has 0 bridgehead atoms. The third-order valence-electron chi connectivity index (χ3n) is 2.81. The van der Waals surface area contributed by atoms with Gasteiger partial charge in [-0.1, -0.05) is 0 Å². The molecule has 4 nitrogen and oxygen atoms in total. The van der Waals surface area contributed by atoms with E-state index in [2.05, 4.69) is 5.32 Å². The summed E-state index contributed by atoms with van der Waals surface area (Å²) in [7, 11) is -3.02. The van der Waals surface area contributed by atoms with E-state index in [1.807, 2.05) is 27.7 Å². The lowest BCUT2D eigenvalue weighted by Gasteiger charge is -2.21. The number of rotatable bonds is 4. The first-order valence-electron chi connectivity index (χ1n) is 5.80. The summed E-state index contributed by atoms with van der Waals surface area (Å²) in [6.45, 7) is 9.00. The SMILES string of the molecule is CC1OCCC1S(=O)(=O)CCNC(C)(C)C.